The molecule has 2 heterocycles. The summed E-state index contributed by atoms with van der Waals surface area (Å²) in [6.45, 7) is 1.96. The van der Waals surface area contributed by atoms with E-state index in [2.05, 4.69) is 27.3 Å². The number of β-amino-alcohol motifs (C(OH)–C–C–N with tert-alkyl or cyclic N) is 1. The number of nitrogens with zero attached hydrogens (tertiary/aromatic N) is 2. The second kappa shape index (κ2) is 7.35. The van der Waals surface area contributed by atoms with Gasteiger partial charge < -0.3 is 10.4 Å². The monoisotopic (exact) mass is 311 g/mol. The summed E-state index contributed by atoms with van der Waals surface area (Å²) < 4.78 is 0. The highest BCUT2D eigenvalue weighted by Crippen LogP contribution is 2.20. The molecule has 1 aliphatic heterocycles. The van der Waals surface area contributed by atoms with Gasteiger partial charge in [0.2, 0.25) is 0 Å². The van der Waals surface area contributed by atoms with E-state index < -0.39 is 0 Å². The lowest BCUT2D eigenvalue weighted by molar-refractivity contribution is 0.0939. The van der Waals surface area contributed by atoms with Crippen LogP contribution >= 0.6 is 0 Å². The van der Waals surface area contributed by atoms with Gasteiger partial charge in [0.15, 0.2) is 0 Å². The maximum absolute atomic E-state index is 12.1. The Morgan fingerprint density at radius 2 is 1.96 bits per heavy atom. The number of hydrogen-bond donors (Lipinski definition) is 2. The van der Waals surface area contributed by atoms with E-state index in [1.807, 2.05) is 18.2 Å². The van der Waals surface area contributed by atoms with Gasteiger partial charge in [-0.3, -0.25) is 14.7 Å². The zero-order chi connectivity index (χ0) is 16.1. The van der Waals surface area contributed by atoms with Crippen molar-refractivity contribution in [3.63, 3.8) is 0 Å². The van der Waals surface area contributed by atoms with E-state index in [0.717, 1.165) is 6.54 Å². The Morgan fingerprint density at radius 3 is 2.70 bits per heavy atom. The molecular formula is C18H21N3O2. The van der Waals surface area contributed by atoms with Gasteiger partial charge in [0.05, 0.1) is 6.10 Å². The Hall–Kier alpha value is -2.24. The molecule has 23 heavy (non-hydrogen) atoms. The maximum atomic E-state index is 12.1. The van der Waals surface area contributed by atoms with Crippen LogP contribution < -0.4 is 5.32 Å². The third kappa shape index (κ3) is 4.15. The summed E-state index contributed by atoms with van der Waals surface area (Å²) in [6.07, 6.45) is 3.57. The molecule has 0 aliphatic carbocycles. The van der Waals surface area contributed by atoms with Gasteiger partial charge in [-0.15, -0.1) is 0 Å². The van der Waals surface area contributed by atoms with Crippen molar-refractivity contribution in [2.45, 2.75) is 25.1 Å². The van der Waals surface area contributed by atoms with E-state index in [9.17, 15) is 9.90 Å². The van der Waals surface area contributed by atoms with Crippen molar-refractivity contribution in [1.82, 2.24) is 15.2 Å². The van der Waals surface area contributed by atoms with Crippen LogP contribution in [0, 0.1) is 0 Å². The molecule has 0 saturated carbocycles. The highest BCUT2D eigenvalue weighted by Gasteiger charge is 2.30. The molecule has 1 aromatic heterocycles. The number of aliphatic hydroxyl groups is 1. The predicted molar refractivity (Wildman–Crippen MR) is 87.8 cm³/mol. The second-order valence-electron chi connectivity index (χ2n) is 5.90. The summed E-state index contributed by atoms with van der Waals surface area (Å²) in [6, 6.07) is 13.7. The van der Waals surface area contributed by atoms with Crippen molar-refractivity contribution in [3.8, 4) is 0 Å². The molecule has 120 valence electrons. The average Bonchev–Trinajstić information content (AvgIpc) is 2.94. The summed E-state index contributed by atoms with van der Waals surface area (Å²) in [5.41, 5.74) is 1.82. The van der Waals surface area contributed by atoms with Crippen LogP contribution in [0.25, 0.3) is 0 Å². The standard InChI is InChI=1S/C18H21N3O2/c22-17-10-16(11-20-18(23)15-6-8-19-9-7-15)21(13-17)12-14-4-2-1-3-5-14/h1-9,16-17,22H,10-13H2,(H,20,23)/t16-,17-/m1/s1. The van der Waals surface area contributed by atoms with E-state index in [1.54, 1.807) is 24.5 Å². The average molecular weight is 311 g/mol. The molecule has 0 unspecified atom stereocenters. The van der Waals surface area contributed by atoms with Crippen LogP contribution in [0.4, 0.5) is 0 Å². The fourth-order valence-electron chi connectivity index (χ4n) is 3.00. The number of likely N-dealkylation sites (tertiary alicyclic amines) is 1. The second-order valence-corrected chi connectivity index (χ2v) is 5.90. The number of pyridine rings is 1. The summed E-state index contributed by atoms with van der Waals surface area (Å²) >= 11 is 0. The van der Waals surface area contributed by atoms with Crippen LogP contribution in [0.2, 0.25) is 0 Å². The van der Waals surface area contributed by atoms with E-state index in [0.29, 0.717) is 25.1 Å². The minimum atomic E-state index is -0.332. The van der Waals surface area contributed by atoms with Crippen LogP contribution in [-0.4, -0.2) is 46.1 Å². The van der Waals surface area contributed by atoms with Crippen LogP contribution in [0.15, 0.2) is 54.9 Å². The minimum Gasteiger partial charge on any atom is -0.392 e. The smallest absolute Gasteiger partial charge is 0.251 e. The van der Waals surface area contributed by atoms with Gasteiger partial charge in [-0.1, -0.05) is 30.3 Å². The predicted octanol–water partition coefficient (Wildman–Crippen LogP) is 1.45. The normalized spacial score (nSPS) is 21.3. The number of amides is 1. The first-order valence-corrected chi connectivity index (χ1v) is 7.86. The Labute approximate surface area is 136 Å². The molecule has 1 amide bonds. The molecule has 1 aromatic carbocycles. The summed E-state index contributed by atoms with van der Waals surface area (Å²) in [5.74, 6) is -0.103. The third-order valence-corrected chi connectivity index (χ3v) is 4.18. The summed E-state index contributed by atoms with van der Waals surface area (Å²) in [7, 11) is 0. The van der Waals surface area contributed by atoms with Crippen LogP contribution in [0.5, 0.6) is 0 Å². The van der Waals surface area contributed by atoms with Crippen molar-refractivity contribution in [2.24, 2.45) is 0 Å². The Morgan fingerprint density at radius 1 is 1.22 bits per heavy atom. The molecule has 2 N–H and O–H groups in total. The quantitative estimate of drug-likeness (QED) is 0.877. The number of nitrogens with one attached hydrogen (secondary N) is 1. The van der Waals surface area contributed by atoms with Crippen molar-refractivity contribution in [1.29, 1.82) is 0 Å². The summed E-state index contributed by atoms with van der Waals surface area (Å²) in [4.78, 5) is 18.3. The van der Waals surface area contributed by atoms with Crippen molar-refractivity contribution >= 4 is 5.91 Å². The molecular weight excluding hydrogens is 290 g/mol. The van der Waals surface area contributed by atoms with Gasteiger partial charge in [-0.2, -0.15) is 0 Å². The first-order chi connectivity index (χ1) is 11.2. The number of carbonyl (C=O) groups excluding carboxylic acids is 1. The Kier molecular flexibility index (Phi) is 5.00. The molecule has 2 atom stereocenters. The molecule has 0 spiro atoms. The van der Waals surface area contributed by atoms with E-state index in [4.69, 9.17) is 0 Å². The van der Waals surface area contributed by atoms with E-state index in [-0.39, 0.29) is 18.1 Å². The van der Waals surface area contributed by atoms with E-state index >= 15 is 0 Å². The van der Waals surface area contributed by atoms with Gasteiger partial charge in [-0.25, -0.2) is 0 Å². The van der Waals surface area contributed by atoms with Crippen LogP contribution in [0.3, 0.4) is 0 Å². The lowest BCUT2D eigenvalue weighted by atomic mass is 10.1. The SMILES string of the molecule is O=C(NC[C@H]1C[C@@H](O)CN1Cc1ccccc1)c1ccncc1. The number of carbonyl (C=O) groups is 1. The van der Waals surface area contributed by atoms with Crippen molar-refractivity contribution in [2.75, 3.05) is 13.1 Å². The van der Waals surface area contributed by atoms with Crippen molar-refractivity contribution < 1.29 is 9.90 Å². The Balaban J connectivity index is 1.58. The molecule has 5 nitrogen and oxygen atoms in total. The number of hydrogen-bond acceptors (Lipinski definition) is 4. The lowest BCUT2D eigenvalue weighted by Gasteiger charge is -2.24. The van der Waals surface area contributed by atoms with Crippen LogP contribution in [0.1, 0.15) is 22.3 Å². The zero-order valence-corrected chi connectivity index (χ0v) is 12.9. The lowest BCUT2D eigenvalue weighted by Crippen LogP contribution is -2.39. The molecule has 1 fully saturated rings. The largest absolute Gasteiger partial charge is 0.392 e. The molecule has 3 rings (SSSR count). The summed E-state index contributed by atoms with van der Waals surface area (Å²) in [5, 5.41) is 12.9. The third-order valence-electron chi connectivity index (χ3n) is 4.18. The van der Waals surface area contributed by atoms with Gasteiger partial charge in [0.1, 0.15) is 0 Å². The number of aromatic nitrogens is 1. The van der Waals surface area contributed by atoms with Gasteiger partial charge in [0, 0.05) is 43.6 Å². The fourth-order valence-corrected chi connectivity index (χ4v) is 3.00. The molecule has 2 aromatic rings. The molecule has 0 bridgehead atoms. The van der Waals surface area contributed by atoms with Gasteiger partial charge >= 0.3 is 0 Å². The van der Waals surface area contributed by atoms with Gasteiger partial charge in [-0.05, 0) is 24.1 Å². The molecule has 1 aliphatic rings. The highest BCUT2D eigenvalue weighted by molar-refractivity contribution is 5.93. The first kappa shape index (κ1) is 15.6. The topological polar surface area (TPSA) is 65.5 Å². The zero-order valence-electron chi connectivity index (χ0n) is 12.9. The first-order valence-electron chi connectivity index (χ1n) is 7.86. The van der Waals surface area contributed by atoms with Crippen molar-refractivity contribution in [3.05, 3.63) is 66.0 Å². The van der Waals surface area contributed by atoms with Crippen LogP contribution in [-0.2, 0) is 6.54 Å². The molecule has 5 heteroatoms. The minimum absolute atomic E-state index is 0.103. The number of rotatable bonds is 5. The van der Waals surface area contributed by atoms with E-state index in [1.165, 1.54) is 5.56 Å². The maximum Gasteiger partial charge on any atom is 0.251 e. The number of benzene rings is 1. The van der Waals surface area contributed by atoms with Gasteiger partial charge in [0.25, 0.3) is 5.91 Å². The number of aliphatic hydroxyl groups excluding tert-OH is 1. The fraction of sp³-hybridized carbons (Fsp3) is 0.333. The highest BCUT2D eigenvalue weighted by atomic mass is 16.3. The molecule has 0 radical (unpaired) electrons. The molecule has 1 saturated heterocycles. The Bertz CT molecular complexity index is 633.